The fourth-order valence-corrected chi connectivity index (χ4v) is 0.864. The van der Waals surface area contributed by atoms with Crippen molar-refractivity contribution >= 4 is 6.29 Å². The Morgan fingerprint density at radius 2 is 1.85 bits per heavy atom. The predicted octanol–water partition coefficient (Wildman–Crippen LogP) is 2.30. The SMILES string of the molecule is O=[C]c1c(F)cccc1C(F)(F)F. The highest BCUT2D eigenvalue weighted by Crippen LogP contribution is 2.31. The van der Waals surface area contributed by atoms with Crippen molar-refractivity contribution in [3.8, 4) is 0 Å². The zero-order valence-corrected chi connectivity index (χ0v) is 6.15. The Hall–Kier alpha value is -1.39. The monoisotopic (exact) mass is 191 g/mol. The molecule has 0 amide bonds. The lowest BCUT2D eigenvalue weighted by Gasteiger charge is -2.08. The molecule has 5 heteroatoms. The van der Waals surface area contributed by atoms with Gasteiger partial charge in [-0.05, 0) is 12.1 Å². The maximum absolute atomic E-state index is 12.6. The van der Waals surface area contributed by atoms with Crippen molar-refractivity contribution in [2.75, 3.05) is 0 Å². The van der Waals surface area contributed by atoms with Gasteiger partial charge in [-0.3, -0.25) is 4.79 Å². The largest absolute Gasteiger partial charge is 0.417 e. The summed E-state index contributed by atoms with van der Waals surface area (Å²) in [6.45, 7) is 0. The van der Waals surface area contributed by atoms with Crippen molar-refractivity contribution in [2.24, 2.45) is 0 Å². The topological polar surface area (TPSA) is 17.1 Å². The fraction of sp³-hybridized carbons (Fsp3) is 0.125. The third-order valence-corrected chi connectivity index (χ3v) is 1.42. The minimum absolute atomic E-state index is 0.628. The van der Waals surface area contributed by atoms with Crippen LogP contribution in [0.4, 0.5) is 17.6 Å². The Kier molecular flexibility index (Phi) is 2.36. The van der Waals surface area contributed by atoms with Gasteiger partial charge in [0.1, 0.15) is 5.82 Å². The second-order valence-electron chi connectivity index (χ2n) is 2.26. The van der Waals surface area contributed by atoms with Gasteiger partial charge in [-0.2, -0.15) is 13.2 Å². The zero-order chi connectivity index (χ0) is 10.1. The van der Waals surface area contributed by atoms with E-state index in [0.717, 1.165) is 18.4 Å². The molecule has 0 aromatic heterocycles. The average Bonchev–Trinajstić information content (AvgIpc) is 2.02. The Morgan fingerprint density at radius 3 is 2.23 bits per heavy atom. The number of rotatable bonds is 1. The molecule has 0 aliphatic heterocycles. The van der Waals surface area contributed by atoms with E-state index in [2.05, 4.69) is 0 Å². The number of benzene rings is 1. The number of hydrogen-bond donors (Lipinski definition) is 0. The van der Waals surface area contributed by atoms with Crippen molar-refractivity contribution in [2.45, 2.75) is 6.18 Å². The summed E-state index contributed by atoms with van der Waals surface area (Å²) in [5.41, 5.74) is -2.38. The van der Waals surface area contributed by atoms with Gasteiger partial charge in [0.2, 0.25) is 6.29 Å². The van der Waals surface area contributed by atoms with E-state index in [1.165, 1.54) is 0 Å². The van der Waals surface area contributed by atoms with E-state index >= 15 is 0 Å². The zero-order valence-electron chi connectivity index (χ0n) is 6.15. The average molecular weight is 191 g/mol. The van der Waals surface area contributed by atoms with E-state index < -0.39 is 23.1 Å². The first-order chi connectivity index (χ1) is 5.96. The molecule has 1 radical (unpaired) electrons. The third kappa shape index (κ3) is 1.85. The first-order valence-corrected chi connectivity index (χ1v) is 3.20. The van der Waals surface area contributed by atoms with Gasteiger partial charge < -0.3 is 0 Å². The van der Waals surface area contributed by atoms with Gasteiger partial charge in [-0.1, -0.05) is 6.07 Å². The maximum atomic E-state index is 12.6. The van der Waals surface area contributed by atoms with E-state index in [1.807, 2.05) is 0 Å². The van der Waals surface area contributed by atoms with E-state index in [-0.39, 0.29) is 0 Å². The normalized spacial score (nSPS) is 11.4. The summed E-state index contributed by atoms with van der Waals surface area (Å²) in [5, 5.41) is 0. The number of alkyl halides is 3. The molecule has 69 valence electrons. The lowest BCUT2D eigenvalue weighted by molar-refractivity contribution is -0.137. The van der Waals surface area contributed by atoms with Crippen LogP contribution in [0, 0.1) is 5.82 Å². The molecule has 0 bridgehead atoms. The lowest BCUT2D eigenvalue weighted by Crippen LogP contribution is -2.10. The highest BCUT2D eigenvalue weighted by Gasteiger charge is 2.34. The third-order valence-electron chi connectivity index (χ3n) is 1.42. The molecule has 1 aromatic carbocycles. The van der Waals surface area contributed by atoms with Crippen molar-refractivity contribution in [1.82, 2.24) is 0 Å². The first kappa shape index (κ1) is 9.70. The minimum Gasteiger partial charge on any atom is -0.285 e. The number of hydrogen-bond acceptors (Lipinski definition) is 1. The Labute approximate surface area is 71.0 Å². The molecule has 0 unspecified atom stereocenters. The van der Waals surface area contributed by atoms with Crippen LogP contribution in [-0.2, 0) is 11.0 Å². The molecule has 0 saturated carbocycles. The van der Waals surface area contributed by atoms with Gasteiger partial charge in [0, 0.05) is 0 Å². The molecule has 13 heavy (non-hydrogen) atoms. The molecule has 0 saturated heterocycles. The van der Waals surface area contributed by atoms with Gasteiger partial charge in [-0.15, -0.1) is 0 Å². The van der Waals surface area contributed by atoms with Crippen LogP contribution in [0.25, 0.3) is 0 Å². The molecular formula is C8H3F4O. The van der Waals surface area contributed by atoms with Gasteiger partial charge in [0.25, 0.3) is 0 Å². The molecule has 0 fully saturated rings. The van der Waals surface area contributed by atoms with Crippen LogP contribution in [0.15, 0.2) is 18.2 Å². The summed E-state index contributed by atoms with van der Waals surface area (Å²) in [4.78, 5) is 10.0. The minimum atomic E-state index is -4.73. The molecule has 0 spiro atoms. The van der Waals surface area contributed by atoms with E-state index in [0.29, 0.717) is 6.07 Å². The summed E-state index contributed by atoms with van der Waals surface area (Å²) in [5.74, 6) is -1.22. The molecule has 1 aromatic rings. The van der Waals surface area contributed by atoms with E-state index in [4.69, 9.17) is 0 Å². The van der Waals surface area contributed by atoms with E-state index in [1.54, 1.807) is 0 Å². The van der Waals surface area contributed by atoms with Crippen molar-refractivity contribution in [1.29, 1.82) is 0 Å². The second kappa shape index (κ2) is 3.16. The second-order valence-corrected chi connectivity index (χ2v) is 2.26. The molecule has 1 rings (SSSR count). The van der Waals surface area contributed by atoms with Gasteiger partial charge in [0.15, 0.2) is 0 Å². The maximum Gasteiger partial charge on any atom is 0.417 e. The van der Waals surface area contributed by atoms with Gasteiger partial charge >= 0.3 is 6.18 Å². The van der Waals surface area contributed by atoms with Gasteiger partial charge in [0.05, 0.1) is 11.1 Å². The predicted molar refractivity (Wildman–Crippen MR) is 36.2 cm³/mol. The molecule has 0 heterocycles. The van der Waals surface area contributed by atoms with Crippen LogP contribution < -0.4 is 0 Å². The molecule has 1 nitrogen and oxygen atoms in total. The summed E-state index contributed by atoms with van der Waals surface area (Å²) in [6.07, 6.45) is -3.80. The lowest BCUT2D eigenvalue weighted by atomic mass is 10.1. The molecule has 0 N–H and O–H groups in total. The fourth-order valence-electron chi connectivity index (χ4n) is 0.864. The van der Waals surface area contributed by atoms with E-state index in [9.17, 15) is 22.4 Å². The highest BCUT2D eigenvalue weighted by atomic mass is 19.4. The van der Waals surface area contributed by atoms with Gasteiger partial charge in [-0.25, -0.2) is 4.39 Å². The molecule has 0 aliphatic carbocycles. The standard InChI is InChI=1S/C8H3F4O/c9-7-3-1-2-6(5(7)4-13)8(10,11)12/h1-3H. The van der Waals surface area contributed by atoms with Crippen LogP contribution in [-0.4, -0.2) is 6.29 Å². The smallest absolute Gasteiger partial charge is 0.285 e. The van der Waals surface area contributed by atoms with Crippen LogP contribution >= 0.6 is 0 Å². The van der Waals surface area contributed by atoms with Crippen LogP contribution in [0.2, 0.25) is 0 Å². The van der Waals surface area contributed by atoms with Crippen LogP contribution in [0.1, 0.15) is 11.1 Å². The van der Waals surface area contributed by atoms with Crippen molar-refractivity contribution in [3.05, 3.63) is 35.1 Å². The highest BCUT2D eigenvalue weighted by molar-refractivity contribution is 5.78. The van der Waals surface area contributed by atoms with Crippen LogP contribution in [0.3, 0.4) is 0 Å². The molecule has 0 aliphatic rings. The quantitative estimate of drug-likeness (QED) is 0.622. The van der Waals surface area contributed by atoms with Crippen LogP contribution in [0.5, 0.6) is 0 Å². The number of carbonyl (C=O) groups excluding carboxylic acids is 1. The Bertz CT molecular complexity index is 329. The Morgan fingerprint density at radius 1 is 1.23 bits per heavy atom. The number of halogens is 4. The van der Waals surface area contributed by atoms with Crippen molar-refractivity contribution < 1.29 is 22.4 Å². The molecular weight excluding hydrogens is 188 g/mol. The molecule has 0 atom stereocenters. The van der Waals surface area contributed by atoms with Crippen molar-refractivity contribution in [3.63, 3.8) is 0 Å². The Balaban J connectivity index is 3.37. The summed E-state index contributed by atoms with van der Waals surface area (Å²) in [6, 6.07) is 2.29. The summed E-state index contributed by atoms with van der Waals surface area (Å²) >= 11 is 0. The first-order valence-electron chi connectivity index (χ1n) is 3.20. The summed E-state index contributed by atoms with van der Waals surface area (Å²) in [7, 11) is 0. The summed E-state index contributed by atoms with van der Waals surface area (Å²) < 4.78 is 48.8.